The van der Waals surface area contributed by atoms with E-state index < -0.39 is 53.8 Å². The first-order valence-electron chi connectivity index (χ1n) is 10.4. The topological polar surface area (TPSA) is 194 Å². The van der Waals surface area contributed by atoms with Gasteiger partial charge in [-0.15, -0.1) is 0 Å². The maximum Gasteiger partial charge on any atom is 0.326 e. The molecule has 4 amide bonds. The fraction of sp³-hybridized carbons (Fsp3) is 0.750. The highest BCUT2D eigenvalue weighted by Gasteiger charge is 2.34. The molecular weight excluding hydrogens is 406 g/mol. The van der Waals surface area contributed by atoms with E-state index in [-0.39, 0.29) is 24.2 Å². The van der Waals surface area contributed by atoms with E-state index in [4.69, 9.17) is 11.5 Å². The molecule has 5 unspecified atom stereocenters. The molecule has 31 heavy (non-hydrogen) atoms. The van der Waals surface area contributed by atoms with Gasteiger partial charge in [-0.25, -0.2) is 4.79 Å². The number of carboxylic acid groups (broad SMARTS) is 1. The smallest absolute Gasteiger partial charge is 0.326 e. The third-order valence-electron chi connectivity index (χ3n) is 5.03. The van der Waals surface area contributed by atoms with E-state index in [1.807, 2.05) is 6.92 Å². The van der Waals surface area contributed by atoms with Crippen molar-refractivity contribution < 1.29 is 29.1 Å². The van der Waals surface area contributed by atoms with Crippen molar-refractivity contribution in [1.29, 1.82) is 0 Å². The molecule has 0 saturated heterocycles. The van der Waals surface area contributed by atoms with Crippen LogP contribution in [0.4, 0.5) is 0 Å². The van der Waals surface area contributed by atoms with Crippen LogP contribution < -0.4 is 27.4 Å². The summed E-state index contributed by atoms with van der Waals surface area (Å²) >= 11 is 0. The number of primary amides is 1. The maximum atomic E-state index is 12.9. The second kappa shape index (κ2) is 12.9. The molecule has 0 rings (SSSR count). The lowest BCUT2D eigenvalue weighted by Crippen LogP contribution is -2.60. The number of hydrogen-bond donors (Lipinski definition) is 6. The highest BCUT2D eigenvalue weighted by Crippen LogP contribution is 2.11. The Morgan fingerprint density at radius 3 is 1.58 bits per heavy atom. The van der Waals surface area contributed by atoms with E-state index in [0.29, 0.717) is 6.42 Å². The molecule has 178 valence electrons. The predicted octanol–water partition coefficient (Wildman–Crippen LogP) is -0.914. The minimum Gasteiger partial charge on any atom is -0.480 e. The Morgan fingerprint density at radius 2 is 1.19 bits per heavy atom. The van der Waals surface area contributed by atoms with Crippen molar-refractivity contribution in [2.75, 3.05) is 0 Å². The van der Waals surface area contributed by atoms with Crippen molar-refractivity contribution in [2.24, 2.45) is 29.2 Å². The van der Waals surface area contributed by atoms with Gasteiger partial charge in [0.05, 0.1) is 12.5 Å². The molecule has 0 fully saturated rings. The molecule has 8 N–H and O–H groups in total. The standard InChI is InChI=1S/C20H37N5O6/c1-7-11(6)16(25-17(27)12(21)8-13(22)26)19(29)23-14(9(2)3)18(28)24-15(10(4)5)20(30)31/h9-12,14-16H,7-8,21H2,1-6H3,(H2,22,26)(H,23,29)(H,24,28)(H,25,27)(H,30,31). The zero-order valence-electron chi connectivity index (χ0n) is 19.1. The first kappa shape index (κ1) is 28.3. The van der Waals surface area contributed by atoms with Crippen LogP contribution in [0.5, 0.6) is 0 Å². The van der Waals surface area contributed by atoms with Gasteiger partial charge in [-0.1, -0.05) is 48.0 Å². The van der Waals surface area contributed by atoms with Gasteiger partial charge in [-0.3, -0.25) is 19.2 Å². The highest BCUT2D eigenvalue weighted by atomic mass is 16.4. The van der Waals surface area contributed by atoms with Crippen LogP contribution in [0.2, 0.25) is 0 Å². The minimum absolute atomic E-state index is 0.303. The third kappa shape index (κ3) is 9.33. The van der Waals surface area contributed by atoms with Crippen LogP contribution in [0, 0.1) is 17.8 Å². The Hall–Kier alpha value is -2.69. The molecule has 0 spiro atoms. The van der Waals surface area contributed by atoms with Crippen molar-refractivity contribution in [3.05, 3.63) is 0 Å². The molecule has 0 bridgehead atoms. The molecule has 0 heterocycles. The van der Waals surface area contributed by atoms with Gasteiger partial charge in [0.15, 0.2) is 0 Å². The summed E-state index contributed by atoms with van der Waals surface area (Å²) in [5.41, 5.74) is 10.7. The summed E-state index contributed by atoms with van der Waals surface area (Å²) in [6, 6.07) is -4.34. The Bertz CT molecular complexity index is 666. The average Bonchev–Trinajstić information content (AvgIpc) is 2.65. The lowest BCUT2D eigenvalue weighted by Gasteiger charge is -2.29. The van der Waals surface area contributed by atoms with Crippen LogP contribution in [0.3, 0.4) is 0 Å². The molecule has 11 heteroatoms. The molecule has 0 aliphatic rings. The van der Waals surface area contributed by atoms with Crippen LogP contribution in [-0.4, -0.2) is 58.9 Å². The van der Waals surface area contributed by atoms with Crippen LogP contribution in [-0.2, 0) is 24.0 Å². The SMILES string of the molecule is CCC(C)C(NC(=O)C(N)CC(N)=O)C(=O)NC(C(=O)NC(C(=O)O)C(C)C)C(C)C. The summed E-state index contributed by atoms with van der Waals surface area (Å²) < 4.78 is 0. The number of aliphatic carboxylic acids is 1. The number of nitrogens with two attached hydrogens (primary N) is 2. The number of nitrogens with one attached hydrogen (secondary N) is 3. The Labute approximate surface area is 183 Å². The molecule has 0 aromatic carbocycles. The number of carboxylic acids is 1. The van der Waals surface area contributed by atoms with Crippen LogP contribution in [0.1, 0.15) is 54.4 Å². The van der Waals surface area contributed by atoms with E-state index in [0.717, 1.165) is 0 Å². The molecule has 0 radical (unpaired) electrons. The number of rotatable bonds is 13. The van der Waals surface area contributed by atoms with E-state index in [1.54, 1.807) is 34.6 Å². The highest BCUT2D eigenvalue weighted by molar-refractivity contribution is 5.95. The molecular formula is C20H37N5O6. The van der Waals surface area contributed by atoms with Crippen LogP contribution in [0.25, 0.3) is 0 Å². The Kier molecular flexibility index (Phi) is 11.8. The van der Waals surface area contributed by atoms with E-state index in [2.05, 4.69) is 16.0 Å². The van der Waals surface area contributed by atoms with Gasteiger partial charge >= 0.3 is 5.97 Å². The lowest BCUT2D eigenvalue weighted by atomic mass is 9.95. The third-order valence-corrected chi connectivity index (χ3v) is 5.03. The van der Waals surface area contributed by atoms with Crippen LogP contribution >= 0.6 is 0 Å². The quantitative estimate of drug-likeness (QED) is 0.212. The first-order valence-corrected chi connectivity index (χ1v) is 10.4. The lowest BCUT2D eigenvalue weighted by molar-refractivity contribution is -0.144. The minimum atomic E-state index is -1.21. The summed E-state index contributed by atoms with van der Waals surface area (Å²) in [7, 11) is 0. The average molecular weight is 444 g/mol. The molecule has 0 saturated carbocycles. The summed E-state index contributed by atoms with van der Waals surface area (Å²) in [5, 5.41) is 16.9. The van der Waals surface area contributed by atoms with E-state index in [1.165, 1.54) is 0 Å². The van der Waals surface area contributed by atoms with Gasteiger partial charge in [-0.2, -0.15) is 0 Å². The predicted molar refractivity (Wildman–Crippen MR) is 114 cm³/mol. The number of carbonyl (C=O) groups excluding carboxylic acids is 4. The first-order chi connectivity index (χ1) is 14.2. The van der Waals surface area contributed by atoms with E-state index >= 15 is 0 Å². The van der Waals surface area contributed by atoms with Crippen molar-refractivity contribution in [2.45, 2.75) is 78.6 Å². The molecule has 0 aliphatic heterocycles. The zero-order valence-corrected chi connectivity index (χ0v) is 19.1. The molecule has 0 aromatic heterocycles. The largest absolute Gasteiger partial charge is 0.480 e. The monoisotopic (exact) mass is 443 g/mol. The summed E-state index contributed by atoms with van der Waals surface area (Å²) in [6.45, 7) is 10.3. The fourth-order valence-electron chi connectivity index (χ4n) is 2.81. The number of amides is 4. The van der Waals surface area contributed by atoms with Crippen molar-refractivity contribution >= 4 is 29.6 Å². The molecule has 0 aliphatic carbocycles. The number of hydrogen-bond acceptors (Lipinski definition) is 6. The Morgan fingerprint density at radius 1 is 0.774 bits per heavy atom. The van der Waals surface area contributed by atoms with Crippen molar-refractivity contribution in [1.82, 2.24) is 16.0 Å². The van der Waals surface area contributed by atoms with E-state index in [9.17, 15) is 29.1 Å². The zero-order chi connectivity index (χ0) is 24.5. The Balaban J connectivity index is 5.49. The molecule has 0 aromatic rings. The fourth-order valence-corrected chi connectivity index (χ4v) is 2.81. The summed E-state index contributed by atoms with van der Waals surface area (Å²) in [5.74, 6) is -4.89. The second-order valence-electron chi connectivity index (χ2n) is 8.45. The summed E-state index contributed by atoms with van der Waals surface area (Å²) in [4.78, 5) is 60.3. The van der Waals surface area contributed by atoms with Gasteiger partial charge in [0.1, 0.15) is 18.1 Å². The summed E-state index contributed by atoms with van der Waals surface area (Å²) in [6.07, 6.45) is 0.167. The molecule has 11 nitrogen and oxygen atoms in total. The number of carbonyl (C=O) groups is 5. The van der Waals surface area contributed by atoms with Gasteiger partial charge in [0, 0.05) is 0 Å². The van der Waals surface area contributed by atoms with Gasteiger partial charge in [0.2, 0.25) is 23.6 Å². The van der Waals surface area contributed by atoms with Crippen molar-refractivity contribution in [3.63, 3.8) is 0 Å². The van der Waals surface area contributed by atoms with Gasteiger partial charge in [-0.05, 0) is 17.8 Å². The van der Waals surface area contributed by atoms with Gasteiger partial charge < -0.3 is 32.5 Å². The second-order valence-corrected chi connectivity index (χ2v) is 8.45. The van der Waals surface area contributed by atoms with Gasteiger partial charge in [0.25, 0.3) is 0 Å². The van der Waals surface area contributed by atoms with Crippen LogP contribution in [0.15, 0.2) is 0 Å². The maximum absolute atomic E-state index is 12.9. The van der Waals surface area contributed by atoms with Crippen molar-refractivity contribution in [3.8, 4) is 0 Å². The molecule has 5 atom stereocenters. The normalized spacial score (nSPS) is 16.0.